The molecule has 1 N–H and O–H groups in total. The number of hydrogen-bond donors (Lipinski definition) is 1. The summed E-state index contributed by atoms with van der Waals surface area (Å²) in [6, 6.07) is 7.36. The van der Waals surface area contributed by atoms with Crippen LogP contribution in [0.2, 0.25) is 0 Å². The SMILES string of the molecule is CCC1CCc2sc(C(=O)OCC(=O)Nc3ccc(OC(F)F)cc3)cc2C1. The van der Waals surface area contributed by atoms with Gasteiger partial charge in [-0.15, -0.1) is 11.3 Å². The molecular formula is C20H21F2NO4S. The number of amides is 1. The fourth-order valence-corrected chi connectivity index (χ4v) is 4.27. The molecule has 1 aliphatic carbocycles. The molecule has 28 heavy (non-hydrogen) atoms. The summed E-state index contributed by atoms with van der Waals surface area (Å²) in [6.45, 7) is -1.15. The van der Waals surface area contributed by atoms with Gasteiger partial charge in [0.15, 0.2) is 6.61 Å². The van der Waals surface area contributed by atoms with Crippen molar-refractivity contribution in [1.82, 2.24) is 0 Å². The highest BCUT2D eigenvalue weighted by Crippen LogP contribution is 2.33. The van der Waals surface area contributed by atoms with E-state index in [2.05, 4.69) is 17.0 Å². The molecule has 1 aliphatic rings. The molecule has 0 aliphatic heterocycles. The number of fused-ring (bicyclic) bond motifs is 1. The Hall–Kier alpha value is -2.48. The Morgan fingerprint density at radius 1 is 1.29 bits per heavy atom. The summed E-state index contributed by atoms with van der Waals surface area (Å²) >= 11 is 1.44. The quantitative estimate of drug-likeness (QED) is 0.676. The van der Waals surface area contributed by atoms with Gasteiger partial charge >= 0.3 is 12.6 Å². The van der Waals surface area contributed by atoms with Crippen LogP contribution in [0.15, 0.2) is 30.3 Å². The minimum Gasteiger partial charge on any atom is -0.451 e. The first-order chi connectivity index (χ1) is 13.4. The summed E-state index contributed by atoms with van der Waals surface area (Å²) in [6.07, 6.45) is 4.24. The van der Waals surface area contributed by atoms with E-state index in [0.717, 1.165) is 25.7 Å². The van der Waals surface area contributed by atoms with Crippen molar-refractivity contribution in [2.24, 2.45) is 5.92 Å². The van der Waals surface area contributed by atoms with Crippen LogP contribution in [0.25, 0.3) is 0 Å². The van der Waals surface area contributed by atoms with Gasteiger partial charge in [0.1, 0.15) is 10.6 Å². The normalized spacial score (nSPS) is 15.8. The van der Waals surface area contributed by atoms with Crippen molar-refractivity contribution in [1.29, 1.82) is 0 Å². The van der Waals surface area contributed by atoms with Crippen molar-refractivity contribution in [2.75, 3.05) is 11.9 Å². The molecule has 2 aromatic rings. The molecule has 1 heterocycles. The molecule has 1 atom stereocenters. The van der Waals surface area contributed by atoms with Crippen molar-refractivity contribution in [3.8, 4) is 5.75 Å². The second-order valence-electron chi connectivity index (χ2n) is 6.60. The minimum atomic E-state index is -2.91. The molecule has 3 rings (SSSR count). The molecule has 8 heteroatoms. The highest BCUT2D eigenvalue weighted by atomic mass is 32.1. The first-order valence-corrected chi connectivity index (χ1v) is 9.89. The lowest BCUT2D eigenvalue weighted by Crippen LogP contribution is -2.20. The third-order valence-electron chi connectivity index (χ3n) is 4.66. The van der Waals surface area contributed by atoms with Gasteiger partial charge in [0, 0.05) is 10.6 Å². The molecule has 0 fully saturated rings. The maximum absolute atomic E-state index is 12.2. The van der Waals surface area contributed by atoms with E-state index in [1.54, 1.807) is 0 Å². The van der Waals surface area contributed by atoms with Gasteiger partial charge in [-0.2, -0.15) is 8.78 Å². The van der Waals surface area contributed by atoms with Gasteiger partial charge in [0.25, 0.3) is 5.91 Å². The summed E-state index contributed by atoms with van der Waals surface area (Å²) < 4.78 is 33.6. The van der Waals surface area contributed by atoms with E-state index in [1.807, 2.05) is 6.07 Å². The van der Waals surface area contributed by atoms with Crippen molar-refractivity contribution in [2.45, 2.75) is 39.2 Å². The van der Waals surface area contributed by atoms with Gasteiger partial charge < -0.3 is 14.8 Å². The molecule has 150 valence electrons. The lowest BCUT2D eigenvalue weighted by Gasteiger charge is -2.19. The summed E-state index contributed by atoms with van der Waals surface area (Å²) in [5.41, 5.74) is 1.60. The second-order valence-corrected chi connectivity index (χ2v) is 7.74. The van der Waals surface area contributed by atoms with E-state index >= 15 is 0 Å². The highest BCUT2D eigenvalue weighted by Gasteiger charge is 2.23. The monoisotopic (exact) mass is 409 g/mol. The highest BCUT2D eigenvalue weighted by molar-refractivity contribution is 7.14. The van der Waals surface area contributed by atoms with Crippen LogP contribution in [0, 0.1) is 5.92 Å². The van der Waals surface area contributed by atoms with Crippen LogP contribution in [0.1, 0.15) is 39.9 Å². The molecule has 0 spiro atoms. The predicted molar refractivity (Wildman–Crippen MR) is 102 cm³/mol. The van der Waals surface area contributed by atoms with Crippen molar-refractivity contribution >= 4 is 28.9 Å². The van der Waals surface area contributed by atoms with E-state index in [9.17, 15) is 18.4 Å². The second kappa shape index (κ2) is 9.14. The zero-order valence-electron chi connectivity index (χ0n) is 15.4. The number of thiophene rings is 1. The molecule has 1 aromatic heterocycles. The van der Waals surface area contributed by atoms with E-state index in [-0.39, 0.29) is 5.75 Å². The zero-order valence-corrected chi connectivity index (χ0v) is 16.2. The van der Waals surface area contributed by atoms with Gasteiger partial charge in [-0.05, 0) is 61.1 Å². The van der Waals surface area contributed by atoms with Gasteiger partial charge in [-0.1, -0.05) is 13.3 Å². The van der Waals surface area contributed by atoms with Crippen LogP contribution in [-0.2, 0) is 22.4 Å². The number of carbonyl (C=O) groups is 2. The van der Waals surface area contributed by atoms with Crippen LogP contribution in [0.5, 0.6) is 5.75 Å². The Balaban J connectivity index is 1.49. The summed E-state index contributed by atoms with van der Waals surface area (Å²) in [5, 5.41) is 2.54. The van der Waals surface area contributed by atoms with Crippen molar-refractivity contribution in [3.63, 3.8) is 0 Å². The number of hydrogen-bond acceptors (Lipinski definition) is 5. The number of alkyl halides is 2. The molecule has 1 amide bonds. The predicted octanol–water partition coefficient (Wildman–Crippen LogP) is 4.66. The summed E-state index contributed by atoms with van der Waals surface area (Å²) in [7, 11) is 0. The largest absolute Gasteiger partial charge is 0.451 e. The number of aryl methyl sites for hydroxylation is 1. The topological polar surface area (TPSA) is 64.6 Å². The van der Waals surface area contributed by atoms with Crippen LogP contribution in [-0.4, -0.2) is 25.1 Å². The molecular weight excluding hydrogens is 388 g/mol. The van der Waals surface area contributed by atoms with E-state index in [0.29, 0.717) is 16.5 Å². The van der Waals surface area contributed by atoms with Crippen LogP contribution in [0.4, 0.5) is 14.5 Å². The van der Waals surface area contributed by atoms with Crippen LogP contribution >= 0.6 is 11.3 Å². The maximum atomic E-state index is 12.2. The van der Waals surface area contributed by atoms with E-state index in [4.69, 9.17) is 4.74 Å². The van der Waals surface area contributed by atoms with Gasteiger partial charge in [-0.25, -0.2) is 4.79 Å². The van der Waals surface area contributed by atoms with E-state index in [1.165, 1.54) is 46.0 Å². The lowest BCUT2D eigenvalue weighted by molar-refractivity contribution is -0.119. The maximum Gasteiger partial charge on any atom is 0.387 e. The Morgan fingerprint density at radius 3 is 2.71 bits per heavy atom. The molecule has 1 aromatic carbocycles. The smallest absolute Gasteiger partial charge is 0.387 e. The number of halogens is 2. The standard InChI is InChI=1S/C20H21F2NO4S/c1-2-12-3-8-16-13(9-12)10-17(28-16)19(25)26-11-18(24)23-14-4-6-15(7-5-14)27-20(21)22/h4-7,10,12,20H,2-3,8-9,11H2,1H3,(H,23,24). The fraction of sp³-hybridized carbons (Fsp3) is 0.400. The average molecular weight is 409 g/mol. The molecule has 0 saturated heterocycles. The average Bonchev–Trinajstić information content (AvgIpc) is 3.10. The number of ether oxygens (including phenoxy) is 2. The number of esters is 1. The van der Waals surface area contributed by atoms with E-state index < -0.39 is 25.1 Å². The Labute approximate surface area is 165 Å². The number of benzene rings is 1. The third-order valence-corrected chi connectivity index (χ3v) is 5.88. The van der Waals surface area contributed by atoms with Crippen molar-refractivity contribution < 1.29 is 27.8 Å². The molecule has 0 saturated carbocycles. The summed E-state index contributed by atoms with van der Waals surface area (Å²) in [5.74, 6) is -0.368. The first kappa shape index (κ1) is 20.3. The number of anilines is 1. The number of carbonyl (C=O) groups excluding carboxylic acids is 2. The fourth-order valence-electron chi connectivity index (χ4n) is 3.17. The zero-order chi connectivity index (χ0) is 20.1. The Morgan fingerprint density at radius 2 is 2.04 bits per heavy atom. The molecule has 1 unspecified atom stereocenters. The third kappa shape index (κ3) is 5.28. The lowest BCUT2D eigenvalue weighted by atomic mass is 9.87. The van der Waals surface area contributed by atoms with Crippen molar-refractivity contribution in [3.05, 3.63) is 45.6 Å². The number of nitrogens with one attached hydrogen (secondary N) is 1. The molecule has 0 radical (unpaired) electrons. The molecule has 0 bridgehead atoms. The minimum absolute atomic E-state index is 0.00796. The van der Waals surface area contributed by atoms with Gasteiger partial charge in [0.2, 0.25) is 0 Å². The van der Waals surface area contributed by atoms with Crippen LogP contribution in [0.3, 0.4) is 0 Å². The van der Waals surface area contributed by atoms with Crippen LogP contribution < -0.4 is 10.1 Å². The Kier molecular flexibility index (Phi) is 6.61. The Bertz CT molecular complexity index is 835. The number of rotatable bonds is 7. The van der Waals surface area contributed by atoms with Gasteiger partial charge in [-0.3, -0.25) is 4.79 Å². The summed E-state index contributed by atoms with van der Waals surface area (Å²) in [4.78, 5) is 25.9. The first-order valence-electron chi connectivity index (χ1n) is 9.08. The van der Waals surface area contributed by atoms with Gasteiger partial charge in [0.05, 0.1) is 0 Å². The molecule has 5 nitrogen and oxygen atoms in total.